The van der Waals surface area contributed by atoms with Crippen LogP contribution in [0.1, 0.15) is 16.7 Å². The molecule has 0 radical (unpaired) electrons. The molecule has 0 aliphatic carbocycles. The van der Waals surface area contributed by atoms with Gasteiger partial charge in [0.2, 0.25) is 0 Å². The van der Waals surface area contributed by atoms with Crippen LogP contribution in [0.5, 0.6) is 5.75 Å². The molecule has 0 heterocycles. The van der Waals surface area contributed by atoms with Crippen LogP contribution in [-0.2, 0) is 6.61 Å². The minimum absolute atomic E-state index is 0.261. The molecule has 100 valence electrons. The van der Waals surface area contributed by atoms with Gasteiger partial charge in [-0.25, -0.2) is 0 Å². The van der Waals surface area contributed by atoms with Gasteiger partial charge in [-0.15, -0.1) is 0 Å². The van der Waals surface area contributed by atoms with Gasteiger partial charge in [-0.05, 0) is 29.8 Å². The van der Waals surface area contributed by atoms with Crippen LogP contribution in [0, 0.1) is 11.3 Å². The summed E-state index contributed by atoms with van der Waals surface area (Å²) in [5.74, 6) is 0.509. The molecule has 20 heavy (non-hydrogen) atoms. The Morgan fingerprint density at radius 1 is 1.30 bits per heavy atom. The number of nitrogens with zero attached hydrogens (tertiary/aromatic N) is 2. The van der Waals surface area contributed by atoms with E-state index in [4.69, 9.17) is 26.8 Å². The molecule has 0 spiro atoms. The number of halogens is 1. The predicted molar refractivity (Wildman–Crippen MR) is 76.3 cm³/mol. The Labute approximate surface area is 121 Å². The van der Waals surface area contributed by atoms with Gasteiger partial charge in [-0.2, -0.15) is 5.26 Å². The highest BCUT2D eigenvalue weighted by atomic mass is 35.5. The Balaban J connectivity index is 2.13. The fraction of sp³-hybridized carbons (Fsp3) is 0.0667. The van der Waals surface area contributed by atoms with E-state index in [9.17, 15) is 0 Å². The molecule has 1 N–H and O–H groups in total. The highest BCUT2D eigenvalue weighted by molar-refractivity contribution is 6.32. The van der Waals surface area contributed by atoms with Crippen molar-refractivity contribution in [1.29, 1.82) is 5.26 Å². The molecule has 0 aromatic heterocycles. The van der Waals surface area contributed by atoms with E-state index in [1.54, 1.807) is 30.3 Å². The fourth-order valence-corrected chi connectivity index (χ4v) is 1.94. The molecule has 4 nitrogen and oxygen atoms in total. The number of benzene rings is 2. The molecule has 0 saturated heterocycles. The van der Waals surface area contributed by atoms with Crippen molar-refractivity contribution in [2.45, 2.75) is 6.61 Å². The van der Waals surface area contributed by atoms with Crippen molar-refractivity contribution in [3.05, 3.63) is 64.2 Å². The van der Waals surface area contributed by atoms with Crippen LogP contribution >= 0.6 is 11.6 Å². The Bertz CT molecular complexity index is 678. The molecule has 0 atom stereocenters. The van der Waals surface area contributed by atoms with Gasteiger partial charge in [0.15, 0.2) is 0 Å². The standard InChI is InChI=1S/C15H11ClN2O2/c16-14-7-11(9-18-19)5-6-15(14)20-10-13-4-2-1-3-12(13)8-17/h1-7,9,19H,10H2/b18-9-. The van der Waals surface area contributed by atoms with Crippen molar-refractivity contribution in [3.8, 4) is 11.8 Å². The predicted octanol–water partition coefficient (Wildman–Crippen LogP) is 3.60. The molecule has 0 bridgehead atoms. The third kappa shape index (κ3) is 3.28. The van der Waals surface area contributed by atoms with E-state index in [1.807, 2.05) is 12.1 Å². The number of hydrogen-bond acceptors (Lipinski definition) is 4. The van der Waals surface area contributed by atoms with Gasteiger partial charge < -0.3 is 9.94 Å². The minimum atomic E-state index is 0.261. The molecule has 2 aromatic carbocycles. The molecule has 5 heteroatoms. The average Bonchev–Trinajstić information content (AvgIpc) is 2.47. The number of rotatable bonds is 4. The smallest absolute Gasteiger partial charge is 0.138 e. The van der Waals surface area contributed by atoms with Gasteiger partial charge in [0.25, 0.3) is 0 Å². The van der Waals surface area contributed by atoms with Crippen LogP contribution < -0.4 is 4.74 Å². The van der Waals surface area contributed by atoms with Crippen LogP contribution in [0.25, 0.3) is 0 Å². The van der Waals surface area contributed by atoms with E-state index < -0.39 is 0 Å². The van der Waals surface area contributed by atoms with Crippen LogP contribution in [0.15, 0.2) is 47.6 Å². The minimum Gasteiger partial charge on any atom is -0.487 e. The lowest BCUT2D eigenvalue weighted by Crippen LogP contribution is -1.98. The van der Waals surface area contributed by atoms with E-state index in [1.165, 1.54) is 6.21 Å². The summed E-state index contributed by atoms with van der Waals surface area (Å²) in [4.78, 5) is 0. The molecule has 0 saturated carbocycles. The summed E-state index contributed by atoms with van der Waals surface area (Å²) in [6.45, 7) is 0.261. The first kappa shape index (κ1) is 13.9. The molecule has 0 amide bonds. The maximum atomic E-state index is 9.00. The lowest BCUT2D eigenvalue weighted by molar-refractivity contribution is 0.306. The van der Waals surface area contributed by atoms with Crippen LogP contribution in [-0.4, -0.2) is 11.4 Å². The average molecular weight is 287 g/mol. The zero-order chi connectivity index (χ0) is 14.4. The van der Waals surface area contributed by atoms with E-state index in [0.717, 1.165) is 5.56 Å². The summed E-state index contributed by atoms with van der Waals surface area (Å²) < 4.78 is 5.61. The summed E-state index contributed by atoms with van der Waals surface area (Å²) in [5.41, 5.74) is 2.04. The quantitative estimate of drug-likeness (QED) is 0.530. The first-order valence-corrected chi connectivity index (χ1v) is 6.20. The molecule has 0 aliphatic rings. The van der Waals surface area contributed by atoms with Gasteiger partial charge >= 0.3 is 0 Å². The maximum absolute atomic E-state index is 9.00. The van der Waals surface area contributed by atoms with Crippen molar-refractivity contribution in [1.82, 2.24) is 0 Å². The molecule has 0 aliphatic heterocycles. The molecule has 0 fully saturated rings. The van der Waals surface area contributed by atoms with Gasteiger partial charge in [-0.1, -0.05) is 35.0 Å². The van der Waals surface area contributed by atoms with Crippen LogP contribution in [0.2, 0.25) is 5.02 Å². The highest BCUT2D eigenvalue weighted by Crippen LogP contribution is 2.26. The third-order valence-electron chi connectivity index (χ3n) is 2.68. The summed E-state index contributed by atoms with van der Waals surface area (Å²) in [6, 6.07) is 14.4. The Kier molecular flexibility index (Phi) is 4.59. The first-order chi connectivity index (χ1) is 9.74. The summed E-state index contributed by atoms with van der Waals surface area (Å²) in [7, 11) is 0. The second-order valence-electron chi connectivity index (χ2n) is 3.99. The molecular formula is C15H11ClN2O2. The third-order valence-corrected chi connectivity index (χ3v) is 2.98. The van der Waals surface area contributed by atoms with Crippen molar-refractivity contribution >= 4 is 17.8 Å². The largest absolute Gasteiger partial charge is 0.487 e. The summed E-state index contributed by atoms with van der Waals surface area (Å²) >= 11 is 6.07. The topological polar surface area (TPSA) is 65.6 Å². The second kappa shape index (κ2) is 6.60. The Hall–Kier alpha value is -2.51. The Morgan fingerprint density at radius 2 is 2.10 bits per heavy atom. The lowest BCUT2D eigenvalue weighted by Gasteiger charge is -2.09. The Morgan fingerprint density at radius 3 is 2.80 bits per heavy atom. The molecule has 2 aromatic rings. The summed E-state index contributed by atoms with van der Waals surface area (Å²) in [6.07, 6.45) is 1.28. The molecular weight excluding hydrogens is 276 g/mol. The van der Waals surface area contributed by atoms with E-state index in [0.29, 0.717) is 21.9 Å². The van der Waals surface area contributed by atoms with Gasteiger partial charge in [0.1, 0.15) is 12.4 Å². The zero-order valence-corrected chi connectivity index (χ0v) is 11.2. The number of hydrogen-bond donors (Lipinski definition) is 1. The number of ether oxygens (including phenoxy) is 1. The lowest BCUT2D eigenvalue weighted by atomic mass is 10.1. The van der Waals surface area contributed by atoms with Gasteiger partial charge in [0.05, 0.1) is 22.9 Å². The van der Waals surface area contributed by atoms with Gasteiger partial charge in [-0.3, -0.25) is 0 Å². The zero-order valence-electron chi connectivity index (χ0n) is 10.5. The number of nitriles is 1. The molecule has 2 rings (SSSR count). The number of oxime groups is 1. The van der Waals surface area contributed by atoms with Crippen molar-refractivity contribution in [2.24, 2.45) is 5.16 Å². The van der Waals surface area contributed by atoms with Crippen molar-refractivity contribution in [2.75, 3.05) is 0 Å². The maximum Gasteiger partial charge on any atom is 0.138 e. The van der Waals surface area contributed by atoms with E-state index >= 15 is 0 Å². The fourth-order valence-electron chi connectivity index (χ4n) is 1.69. The second-order valence-corrected chi connectivity index (χ2v) is 4.40. The van der Waals surface area contributed by atoms with Crippen molar-refractivity contribution in [3.63, 3.8) is 0 Å². The summed E-state index contributed by atoms with van der Waals surface area (Å²) in [5, 5.41) is 20.8. The van der Waals surface area contributed by atoms with Crippen LogP contribution in [0.3, 0.4) is 0 Å². The van der Waals surface area contributed by atoms with E-state index in [-0.39, 0.29) is 6.61 Å². The first-order valence-electron chi connectivity index (χ1n) is 5.82. The monoisotopic (exact) mass is 286 g/mol. The normalized spacial score (nSPS) is 10.4. The van der Waals surface area contributed by atoms with Crippen molar-refractivity contribution < 1.29 is 9.94 Å². The molecule has 0 unspecified atom stereocenters. The van der Waals surface area contributed by atoms with E-state index in [2.05, 4.69) is 11.2 Å². The SMILES string of the molecule is N#Cc1ccccc1COc1ccc(/C=N\O)cc1Cl. The van der Waals surface area contributed by atoms with Gasteiger partial charge in [0, 0.05) is 5.56 Å². The van der Waals surface area contributed by atoms with Crippen LogP contribution in [0.4, 0.5) is 0 Å². The highest BCUT2D eigenvalue weighted by Gasteiger charge is 2.05.